The Morgan fingerprint density at radius 1 is 0.514 bits per heavy atom. The first-order valence-corrected chi connectivity index (χ1v) is 12.3. The molecule has 1 aliphatic rings. The van der Waals surface area contributed by atoms with Gasteiger partial charge in [0.1, 0.15) is 12.1 Å². The highest BCUT2D eigenvalue weighted by Crippen LogP contribution is 2.37. The van der Waals surface area contributed by atoms with Crippen molar-refractivity contribution in [1.82, 2.24) is 9.05 Å². The Kier molecular flexibility index (Phi) is 3.85. The largest absolute Gasteiger partial charge is 0.374 e. The second-order valence-electron chi connectivity index (χ2n) is 9.55. The van der Waals surface area contributed by atoms with E-state index in [9.17, 15) is 10.5 Å². The first-order valence-electron chi connectivity index (χ1n) is 12.3. The summed E-state index contributed by atoms with van der Waals surface area (Å²) in [5.41, 5.74) is 8.71. The van der Waals surface area contributed by atoms with Crippen LogP contribution in [0.2, 0.25) is 0 Å². The average molecular weight is 468 g/mol. The number of para-hydroxylation sites is 5. The number of aromatic nitrogens is 2. The molecule has 0 radical (unpaired) electrons. The lowest BCUT2D eigenvalue weighted by molar-refractivity contribution is 1.18. The summed E-state index contributed by atoms with van der Waals surface area (Å²) in [4.78, 5) is 0. The molecule has 168 valence electrons. The predicted octanol–water partition coefficient (Wildman–Crippen LogP) is 5.60. The second kappa shape index (κ2) is 7.14. The van der Waals surface area contributed by atoms with Crippen LogP contribution in [-0.2, 0) is 0 Å². The molecule has 4 nitrogen and oxygen atoms in total. The number of nitrogens with zero attached hydrogens (tertiary/aromatic N) is 4. The molecule has 0 atom stereocenters. The maximum absolute atomic E-state index is 10.2. The van der Waals surface area contributed by atoms with Gasteiger partial charge in [0.15, 0.2) is 0 Å². The molecule has 0 saturated carbocycles. The summed E-state index contributed by atoms with van der Waals surface area (Å²) in [7, 11) is 0. The van der Waals surface area contributed by atoms with E-state index in [0.29, 0.717) is 11.1 Å². The highest BCUT2D eigenvalue weighted by atomic mass is 15.0. The van der Waals surface area contributed by atoms with Crippen LogP contribution >= 0.6 is 0 Å². The van der Waals surface area contributed by atoms with E-state index < -0.39 is 0 Å². The number of hydrogen-bond donors (Lipinski definition) is 0. The van der Waals surface area contributed by atoms with Crippen LogP contribution in [0.1, 0.15) is 11.1 Å². The molecule has 0 spiro atoms. The molecule has 0 fully saturated rings. The predicted molar refractivity (Wildman–Crippen MR) is 150 cm³/mol. The first kappa shape index (κ1) is 20.0. The average Bonchev–Trinajstić information content (AvgIpc) is 3.48. The van der Waals surface area contributed by atoms with Crippen LogP contribution in [0.5, 0.6) is 0 Å². The van der Waals surface area contributed by atoms with Crippen LogP contribution in [0, 0.1) is 22.7 Å². The monoisotopic (exact) mass is 468 g/mol. The molecule has 0 bridgehead atoms. The first-order chi connectivity index (χ1) is 18.3. The van der Waals surface area contributed by atoms with Crippen molar-refractivity contribution in [2.75, 3.05) is 0 Å². The number of nitriles is 2. The molecule has 5 heteroatoms. The van der Waals surface area contributed by atoms with Crippen molar-refractivity contribution in [2.24, 2.45) is 0 Å². The third-order valence-electron chi connectivity index (χ3n) is 7.84. The van der Waals surface area contributed by atoms with E-state index >= 15 is 0 Å². The molecule has 0 N–H and O–H groups in total. The molecule has 2 aromatic heterocycles. The zero-order chi connectivity index (χ0) is 24.7. The minimum absolute atomic E-state index is 0.208. The summed E-state index contributed by atoms with van der Waals surface area (Å²) >= 11 is 0. The molecular formula is C32H17BN4. The summed E-state index contributed by atoms with van der Waals surface area (Å²) < 4.78 is 4.62. The van der Waals surface area contributed by atoms with Gasteiger partial charge in [0, 0.05) is 27.2 Å². The second-order valence-corrected chi connectivity index (χ2v) is 9.55. The van der Waals surface area contributed by atoms with Gasteiger partial charge in [-0.2, -0.15) is 10.5 Å². The van der Waals surface area contributed by atoms with Crippen molar-refractivity contribution in [1.29, 1.82) is 10.5 Å². The normalized spacial score (nSPS) is 12.2. The lowest BCUT2D eigenvalue weighted by Crippen LogP contribution is -2.53. The van der Waals surface area contributed by atoms with Gasteiger partial charge in [-0.05, 0) is 35.2 Å². The molecule has 8 rings (SSSR count). The lowest BCUT2D eigenvalue weighted by atomic mass is 9.48. The fourth-order valence-corrected chi connectivity index (χ4v) is 6.48. The maximum Gasteiger partial charge on any atom is 0.332 e. The standard InChI is InChI=1S/C32H17BN4/c34-18-20-8-5-11-24-25-12-6-9-21(19-35)31(25)37(30(20)24)33-26-14-2-4-17-29(26)36-28-16-3-1-10-22(28)23-13-7-15-27(33)32(23)36/h1-17H. The van der Waals surface area contributed by atoms with Crippen LogP contribution in [0.3, 0.4) is 0 Å². The zero-order valence-corrected chi connectivity index (χ0v) is 19.7. The zero-order valence-electron chi connectivity index (χ0n) is 19.7. The summed E-state index contributed by atoms with van der Waals surface area (Å²) in [6.07, 6.45) is 0. The van der Waals surface area contributed by atoms with E-state index in [1.807, 2.05) is 24.3 Å². The molecule has 1 aliphatic heterocycles. The molecule has 0 saturated heterocycles. The Bertz CT molecular complexity index is 2110. The van der Waals surface area contributed by atoms with E-state index in [1.165, 1.54) is 21.8 Å². The van der Waals surface area contributed by atoms with Gasteiger partial charge in [0.25, 0.3) is 0 Å². The van der Waals surface area contributed by atoms with Crippen molar-refractivity contribution in [2.45, 2.75) is 0 Å². The van der Waals surface area contributed by atoms with Crippen LogP contribution in [0.25, 0.3) is 49.3 Å². The van der Waals surface area contributed by atoms with Crippen LogP contribution in [-0.4, -0.2) is 15.9 Å². The molecular weight excluding hydrogens is 451 g/mol. The fraction of sp³-hybridized carbons (Fsp3) is 0. The Labute approximate surface area is 212 Å². The highest BCUT2D eigenvalue weighted by Gasteiger charge is 2.36. The molecule has 7 aromatic rings. The molecule has 5 aromatic carbocycles. The van der Waals surface area contributed by atoms with Crippen molar-refractivity contribution in [3.63, 3.8) is 0 Å². The third-order valence-corrected chi connectivity index (χ3v) is 7.84. The quantitative estimate of drug-likeness (QED) is 0.295. The van der Waals surface area contributed by atoms with Gasteiger partial charge in [0.05, 0.1) is 33.2 Å². The molecule has 0 unspecified atom stereocenters. The Balaban J connectivity index is 1.65. The van der Waals surface area contributed by atoms with Crippen molar-refractivity contribution in [3.05, 3.63) is 114 Å². The maximum atomic E-state index is 10.2. The van der Waals surface area contributed by atoms with E-state index in [4.69, 9.17) is 0 Å². The van der Waals surface area contributed by atoms with E-state index in [2.05, 4.69) is 100 Å². The third kappa shape index (κ3) is 2.41. The Morgan fingerprint density at radius 2 is 1.05 bits per heavy atom. The number of fused-ring (bicyclic) bond motifs is 8. The van der Waals surface area contributed by atoms with E-state index in [0.717, 1.165) is 38.4 Å². The van der Waals surface area contributed by atoms with Crippen molar-refractivity contribution >= 4 is 61.4 Å². The van der Waals surface area contributed by atoms with Gasteiger partial charge in [0.2, 0.25) is 0 Å². The summed E-state index contributed by atoms with van der Waals surface area (Å²) in [6, 6.07) is 40.1. The molecule has 3 heterocycles. The van der Waals surface area contributed by atoms with E-state index in [-0.39, 0.29) is 6.85 Å². The SMILES string of the molecule is N#Cc1cccc2c3cccc(C#N)c3n(B3c4ccccc4-n4c5ccccc5c5cccc3c54)c12. The number of rotatable bonds is 1. The topological polar surface area (TPSA) is 57.4 Å². The molecule has 0 amide bonds. The van der Waals surface area contributed by atoms with Crippen LogP contribution in [0.4, 0.5) is 0 Å². The van der Waals surface area contributed by atoms with Gasteiger partial charge in [-0.15, -0.1) is 0 Å². The van der Waals surface area contributed by atoms with Gasteiger partial charge in [-0.3, -0.25) is 0 Å². The molecule has 37 heavy (non-hydrogen) atoms. The summed E-state index contributed by atoms with van der Waals surface area (Å²) in [5.74, 6) is 0. The van der Waals surface area contributed by atoms with Gasteiger partial charge < -0.3 is 9.05 Å². The highest BCUT2D eigenvalue weighted by molar-refractivity contribution is 6.88. The Morgan fingerprint density at radius 3 is 1.76 bits per heavy atom. The lowest BCUT2D eigenvalue weighted by Gasteiger charge is -2.28. The fourth-order valence-electron chi connectivity index (χ4n) is 6.48. The number of benzene rings is 5. The minimum Gasteiger partial charge on any atom is -0.374 e. The van der Waals surface area contributed by atoms with Crippen molar-refractivity contribution in [3.8, 4) is 17.8 Å². The summed E-state index contributed by atoms with van der Waals surface area (Å²) in [5, 5.41) is 24.8. The molecule has 0 aliphatic carbocycles. The Hall–Kier alpha value is -5.26. The van der Waals surface area contributed by atoms with Crippen molar-refractivity contribution < 1.29 is 0 Å². The van der Waals surface area contributed by atoms with Crippen LogP contribution in [0.15, 0.2) is 103 Å². The van der Waals surface area contributed by atoms with Gasteiger partial charge >= 0.3 is 6.85 Å². The van der Waals surface area contributed by atoms with E-state index in [1.54, 1.807) is 0 Å². The van der Waals surface area contributed by atoms with Gasteiger partial charge in [-0.25, -0.2) is 0 Å². The smallest absolute Gasteiger partial charge is 0.332 e. The van der Waals surface area contributed by atoms with Crippen LogP contribution < -0.4 is 10.9 Å². The summed E-state index contributed by atoms with van der Waals surface area (Å²) in [6.45, 7) is -0.208. The minimum atomic E-state index is -0.208. The van der Waals surface area contributed by atoms with Gasteiger partial charge in [-0.1, -0.05) is 78.9 Å². The number of hydrogen-bond acceptors (Lipinski definition) is 2.